The lowest BCUT2D eigenvalue weighted by Crippen LogP contribution is -2.46. The van der Waals surface area contributed by atoms with Crippen molar-refractivity contribution < 1.29 is 9.53 Å². The first-order valence-electron chi connectivity index (χ1n) is 11.7. The van der Waals surface area contributed by atoms with Crippen molar-refractivity contribution in [1.82, 2.24) is 14.5 Å². The van der Waals surface area contributed by atoms with Gasteiger partial charge in [0.1, 0.15) is 5.82 Å². The molecule has 0 aliphatic heterocycles. The number of H-pyrrole nitrogens is 1. The van der Waals surface area contributed by atoms with Crippen molar-refractivity contribution in [2.24, 2.45) is 0 Å². The van der Waals surface area contributed by atoms with E-state index in [9.17, 15) is 14.4 Å². The van der Waals surface area contributed by atoms with Crippen LogP contribution in [-0.2, 0) is 22.6 Å². The maximum atomic E-state index is 13.5. The second-order valence-corrected chi connectivity index (χ2v) is 8.30. The van der Waals surface area contributed by atoms with Gasteiger partial charge in [0.25, 0.3) is 5.56 Å². The first kappa shape index (κ1) is 25.9. The topological polar surface area (TPSA) is 114 Å². The quantitative estimate of drug-likeness (QED) is 0.411. The maximum absolute atomic E-state index is 13.5. The molecule has 0 unspecified atom stereocenters. The number of nitrogens with zero attached hydrogens (tertiary/aromatic N) is 3. The van der Waals surface area contributed by atoms with Crippen molar-refractivity contribution >= 4 is 17.4 Å². The minimum Gasteiger partial charge on any atom is -0.383 e. The van der Waals surface area contributed by atoms with E-state index in [1.165, 1.54) is 16.6 Å². The summed E-state index contributed by atoms with van der Waals surface area (Å²) in [7, 11) is 1.52. The number of carbonyl (C=O) groups is 1. The number of ether oxygens (including phenoxy) is 1. The number of benzene rings is 2. The van der Waals surface area contributed by atoms with Crippen LogP contribution >= 0.6 is 0 Å². The van der Waals surface area contributed by atoms with E-state index in [0.29, 0.717) is 13.1 Å². The van der Waals surface area contributed by atoms with Gasteiger partial charge in [-0.15, -0.1) is 0 Å². The van der Waals surface area contributed by atoms with Crippen LogP contribution in [0.2, 0.25) is 0 Å². The summed E-state index contributed by atoms with van der Waals surface area (Å²) in [5.41, 5.74) is 6.90. The third kappa shape index (κ3) is 6.91. The average Bonchev–Trinajstić information content (AvgIpc) is 2.85. The zero-order chi connectivity index (χ0) is 25.2. The highest BCUT2D eigenvalue weighted by atomic mass is 16.5. The smallest absolute Gasteiger partial charge is 0.330 e. The monoisotopic (exact) mass is 479 g/mol. The molecule has 0 atom stereocenters. The standard InChI is InChI=1S/C26H33N5O4/c1-3-14-29(17-20-10-6-4-7-11-20)19-22(32)30(15-16-35-2)23-24(27)31(26(34)28-25(23)33)18-21-12-8-5-9-13-21/h4-13H,3,14-19,27H2,1-2H3,(H,28,33,34). The number of hydrogen-bond donors (Lipinski definition) is 2. The van der Waals surface area contributed by atoms with Crippen molar-refractivity contribution in [3.63, 3.8) is 0 Å². The van der Waals surface area contributed by atoms with E-state index in [4.69, 9.17) is 10.5 Å². The Balaban J connectivity index is 1.94. The number of carbonyl (C=O) groups excluding carboxylic acids is 1. The number of methoxy groups -OCH3 is 1. The van der Waals surface area contributed by atoms with Crippen LogP contribution in [-0.4, -0.2) is 53.7 Å². The van der Waals surface area contributed by atoms with Crippen LogP contribution in [0.5, 0.6) is 0 Å². The van der Waals surface area contributed by atoms with E-state index in [-0.39, 0.29) is 43.7 Å². The second kappa shape index (κ2) is 12.7. The SMILES string of the molecule is CCCN(CC(=O)N(CCOC)c1c(N)n(Cc2ccccc2)c(=O)[nH]c1=O)Cc1ccccc1. The molecule has 1 heterocycles. The fourth-order valence-corrected chi connectivity index (χ4v) is 3.95. The summed E-state index contributed by atoms with van der Waals surface area (Å²) in [5.74, 6) is -0.356. The molecular weight excluding hydrogens is 446 g/mol. The highest BCUT2D eigenvalue weighted by Crippen LogP contribution is 2.19. The summed E-state index contributed by atoms with van der Waals surface area (Å²) >= 11 is 0. The Hall–Kier alpha value is -3.69. The molecule has 0 aliphatic rings. The summed E-state index contributed by atoms with van der Waals surface area (Å²) in [5, 5.41) is 0. The highest BCUT2D eigenvalue weighted by molar-refractivity contribution is 5.96. The number of nitrogens with one attached hydrogen (secondary N) is 1. The highest BCUT2D eigenvalue weighted by Gasteiger charge is 2.25. The zero-order valence-electron chi connectivity index (χ0n) is 20.3. The number of rotatable bonds is 12. The number of nitrogen functional groups attached to an aromatic ring is 1. The fraction of sp³-hybridized carbons (Fsp3) is 0.346. The second-order valence-electron chi connectivity index (χ2n) is 8.30. The van der Waals surface area contributed by atoms with Gasteiger partial charge in [-0.3, -0.25) is 24.0 Å². The largest absolute Gasteiger partial charge is 0.383 e. The summed E-state index contributed by atoms with van der Waals surface area (Å²) in [6.07, 6.45) is 0.864. The fourth-order valence-electron chi connectivity index (χ4n) is 3.95. The molecule has 186 valence electrons. The van der Waals surface area contributed by atoms with Crippen LogP contribution in [0.1, 0.15) is 24.5 Å². The van der Waals surface area contributed by atoms with E-state index in [1.807, 2.05) is 72.5 Å². The molecular formula is C26H33N5O4. The van der Waals surface area contributed by atoms with Crippen LogP contribution in [0.3, 0.4) is 0 Å². The van der Waals surface area contributed by atoms with Gasteiger partial charge in [0.15, 0.2) is 5.69 Å². The lowest BCUT2D eigenvalue weighted by molar-refractivity contribution is -0.120. The Bertz CT molecular complexity index is 1210. The molecule has 0 radical (unpaired) electrons. The van der Waals surface area contributed by atoms with Crippen LogP contribution in [0, 0.1) is 0 Å². The van der Waals surface area contributed by atoms with E-state index in [0.717, 1.165) is 17.5 Å². The molecule has 1 amide bonds. The lowest BCUT2D eigenvalue weighted by atomic mass is 10.2. The zero-order valence-corrected chi connectivity index (χ0v) is 20.3. The summed E-state index contributed by atoms with van der Waals surface area (Å²) in [4.78, 5) is 44.7. The van der Waals surface area contributed by atoms with Crippen molar-refractivity contribution in [1.29, 1.82) is 0 Å². The van der Waals surface area contributed by atoms with Crippen molar-refractivity contribution in [2.75, 3.05) is 44.0 Å². The number of anilines is 2. The Morgan fingerprint density at radius 2 is 1.63 bits per heavy atom. The molecule has 0 spiro atoms. The van der Waals surface area contributed by atoms with Gasteiger partial charge in [-0.1, -0.05) is 67.6 Å². The molecule has 0 bridgehead atoms. The Kier molecular flexibility index (Phi) is 9.39. The molecule has 2 aromatic carbocycles. The molecule has 3 N–H and O–H groups in total. The first-order chi connectivity index (χ1) is 16.9. The molecule has 9 nitrogen and oxygen atoms in total. The molecule has 0 aliphatic carbocycles. The Morgan fingerprint density at radius 1 is 1.00 bits per heavy atom. The van der Waals surface area contributed by atoms with E-state index < -0.39 is 11.2 Å². The molecule has 3 aromatic rings. The van der Waals surface area contributed by atoms with Crippen LogP contribution in [0.25, 0.3) is 0 Å². The van der Waals surface area contributed by atoms with Crippen LogP contribution in [0.4, 0.5) is 11.5 Å². The molecule has 9 heteroatoms. The van der Waals surface area contributed by atoms with Crippen LogP contribution in [0.15, 0.2) is 70.3 Å². The predicted molar refractivity (Wildman–Crippen MR) is 138 cm³/mol. The van der Waals surface area contributed by atoms with Gasteiger partial charge in [0, 0.05) is 20.2 Å². The van der Waals surface area contributed by atoms with Gasteiger partial charge in [0.05, 0.1) is 19.7 Å². The van der Waals surface area contributed by atoms with Crippen LogP contribution < -0.4 is 21.9 Å². The normalized spacial score (nSPS) is 11.1. The molecule has 0 fully saturated rings. The number of nitrogens with two attached hydrogens (primary N) is 1. The van der Waals surface area contributed by atoms with Gasteiger partial charge < -0.3 is 15.4 Å². The van der Waals surface area contributed by atoms with Gasteiger partial charge in [-0.2, -0.15) is 0 Å². The first-order valence-corrected chi connectivity index (χ1v) is 11.7. The average molecular weight is 480 g/mol. The van der Waals surface area contributed by atoms with Gasteiger partial charge in [-0.05, 0) is 24.1 Å². The van der Waals surface area contributed by atoms with E-state index in [1.54, 1.807) is 0 Å². The summed E-state index contributed by atoms with van der Waals surface area (Å²) in [6, 6.07) is 19.2. The number of amides is 1. The van der Waals surface area contributed by atoms with Crippen molar-refractivity contribution in [3.8, 4) is 0 Å². The van der Waals surface area contributed by atoms with E-state index >= 15 is 0 Å². The van der Waals surface area contributed by atoms with Crippen molar-refractivity contribution in [3.05, 3.63) is 92.6 Å². The predicted octanol–water partition coefficient (Wildman–Crippen LogP) is 2.06. The molecule has 1 aromatic heterocycles. The Morgan fingerprint density at radius 3 is 2.23 bits per heavy atom. The maximum Gasteiger partial charge on any atom is 0.330 e. The van der Waals surface area contributed by atoms with Gasteiger partial charge >= 0.3 is 5.69 Å². The van der Waals surface area contributed by atoms with Gasteiger partial charge in [0.2, 0.25) is 5.91 Å². The molecule has 0 saturated heterocycles. The van der Waals surface area contributed by atoms with Crippen molar-refractivity contribution in [2.45, 2.75) is 26.4 Å². The van der Waals surface area contributed by atoms with E-state index in [2.05, 4.69) is 4.98 Å². The minimum atomic E-state index is -0.702. The minimum absolute atomic E-state index is 0.0428. The number of aromatic amines is 1. The molecule has 3 rings (SSSR count). The lowest BCUT2D eigenvalue weighted by Gasteiger charge is -2.28. The van der Waals surface area contributed by atoms with Gasteiger partial charge in [-0.25, -0.2) is 4.79 Å². The third-order valence-corrected chi connectivity index (χ3v) is 5.64. The molecule has 0 saturated carbocycles. The summed E-state index contributed by atoms with van der Waals surface area (Å²) < 4.78 is 6.46. The number of aromatic nitrogens is 2. The number of hydrogen-bond acceptors (Lipinski definition) is 6. The Labute approximate surface area is 204 Å². The third-order valence-electron chi connectivity index (χ3n) is 5.64. The summed E-state index contributed by atoms with van der Waals surface area (Å²) in [6.45, 7) is 3.93. The molecule has 35 heavy (non-hydrogen) atoms.